The quantitative estimate of drug-likeness (QED) is 0.0999. The summed E-state index contributed by atoms with van der Waals surface area (Å²) in [5.74, 6) is -0.0669. The summed E-state index contributed by atoms with van der Waals surface area (Å²) in [5.41, 5.74) is 0. The molecule has 0 bridgehead atoms. The SMILES string of the molecule is CCCCCCCCCCCC[SiH2][C@@H](CCCCCC(=O)OC)[SiH](c1ccccc1)c1ccccc1. The van der Waals surface area contributed by atoms with Crippen molar-refractivity contribution in [1.82, 2.24) is 0 Å². The van der Waals surface area contributed by atoms with E-state index >= 15 is 0 Å². The van der Waals surface area contributed by atoms with E-state index in [1.54, 1.807) is 10.4 Å². The monoisotopic (exact) mass is 524 g/mol. The van der Waals surface area contributed by atoms with Gasteiger partial charge >= 0.3 is 5.97 Å². The lowest BCUT2D eigenvalue weighted by molar-refractivity contribution is -0.140. The van der Waals surface area contributed by atoms with Crippen LogP contribution in [0.1, 0.15) is 103 Å². The molecule has 0 N–H and O–H groups in total. The topological polar surface area (TPSA) is 26.3 Å². The number of esters is 1. The van der Waals surface area contributed by atoms with Crippen LogP contribution in [0.4, 0.5) is 0 Å². The highest BCUT2D eigenvalue weighted by Crippen LogP contribution is 2.22. The number of unbranched alkanes of at least 4 members (excludes halogenated alkanes) is 11. The summed E-state index contributed by atoms with van der Waals surface area (Å²) in [4.78, 5) is 11.5. The Morgan fingerprint density at radius 2 is 1.22 bits per heavy atom. The van der Waals surface area contributed by atoms with E-state index in [1.165, 1.54) is 90.2 Å². The molecule has 4 heteroatoms. The van der Waals surface area contributed by atoms with Crippen molar-refractivity contribution >= 4 is 34.7 Å². The van der Waals surface area contributed by atoms with Crippen LogP contribution in [0.3, 0.4) is 0 Å². The van der Waals surface area contributed by atoms with Crippen molar-refractivity contribution in [2.45, 2.75) is 114 Å². The van der Waals surface area contributed by atoms with Gasteiger partial charge in [0.1, 0.15) is 8.80 Å². The summed E-state index contributed by atoms with van der Waals surface area (Å²) in [6.07, 6.45) is 19.5. The molecule has 0 aliphatic carbocycles. The van der Waals surface area contributed by atoms with E-state index in [-0.39, 0.29) is 15.5 Å². The van der Waals surface area contributed by atoms with Crippen LogP contribution in [0, 0.1) is 0 Å². The minimum atomic E-state index is -1.26. The van der Waals surface area contributed by atoms with E-state index < -0.39 is 8.80 Å². The van der Waals surface area contributed by atoms with E-state index in [4.69, 9.17) is 4.74 Å². The first-order valence-corrected chi connectivity index (χ1v) is 18.6. The molecule has 0 amide bonds. The number of carbonyl (C=O) groups excluding carboxylic acids is 1. The van der Waals surface area contributed by atoms with E-state index in [1.807, 2.05) is 0 Å². The van der Waals surface area contributed by atoms with Crippen LogP contribution >= 0.6 is 0 Å². The summed E-state index contributed by atoms with van der Waals surface area (Å²) >= 11 is 0. The molecule has 2 aromatic rings. The highest BCUT2D eigenvalue weighted by molar-refractivity contribution is 6.91. The molecule has 0 aliphatic rings. The molecule has 2 nitrogen and oxygen atoms in total. The van der Waals surface area contributed by atoms with Gasteiger partial charge in [-0.05, 0) is 11.6 Å². The first-order chi connectivity index (χ1) is 17.8. The maximum atomic E-state index is 11.5. The largest absolute Gasteiger partial charge is 0.469 e. The molecule has 0 unspecified atom stereocenters. The number of rotatable bonds is 21. The van der Waals surface area contributed by atoms with Crippen molar-refractivity contribution in [2.75, 3.05) is 7.11 Å². The van der Waals surface area contributed by atoms with Crippen molar-refractivity contribution in [2.24, 2.45) is 0 Å². The molecule has 2 aromatic carbocycles. The fraction of sp³-hybridized carbons (Fsp3) is 0.594. The zero-order valence-electron chi connectivity index (χ0n) is 23.3. The Labute approximate surface area is 226 Å². The molecular formula is C32H52O2Si2. The molecule has 0 aliphatic heterocycles. The van der Waals surface area contributed by atoms with Gasteiger partial charge in [-0.3, -0.25) is 4.79 Å². The second kappa shape index (κ2) is 20.4. The number of carbonyl (C=O) groups is 1. The Balaban J connectivity index is 1.88. The molecular weight excluding hydrogens is 473 g/mol. The third-order valence-corrected chi connectivity index (χ3v) is 15.6. The summed E-state index contributed by atoms with van der Waals surface area (Å²) in [5, 5.41) is 4.13. The van der Waals surface area contributed by atoms with Gasteiger partial charge in [-0.15, -0.1) is 0 Å². The Morgan fingerprint density at radius 3 is 1.75 bits per heavy atom. The highest BCUT2D eigenvalue weighted by Gasteiger charge is 2.26. The van der Waals surface area contributed by atoms with Crippen molar-refractivity contribution in [1.29, 1.82) is 0 Å². The number of benzene rings is 2. The Bertz CT molecular complexity index is 742. The zero-order chi connectivity index (χ0) is 25.7. The number of hydrogen-bond donors (Lipinski definition) is 0. The van der Waals surface area contributed by atoms with Crippen molar-refractivity contribution in [3.8, 4) is 0 Å². The van der Waals surface area contributed by atoms with Crippen LogP contribution in [-0.4, -0.2) is 31.4 Å². The first kappa shape index (κ1) is 30.6. The fourth-order valence-corrected chi connectivity index (χ4v) is 14.3. The second-order valence-electron chi connectivity index (χ2n) is 10.6. The minimum Gasteiger partial charge on any atom is -0.469 e. The van der Waals surface area contributed by atoms with Gasteiger partial charge in [0.25, 0.3) is 0 Å². The van der Waals surface area contributed by atoms with Gasteiger partial charge in [0.2, 0.25) is 0 Å². The molecule has 0 saturated carbocycles. The van der Waals surface area contributed by atoms with Crippen LogP contribution in [0.15, 0.2) is 60.7 Å². The lowest BCUT2D eigenvalue weighted by atomic mass is 10.1. The summed E-state index contributed by atoms with van der Waals surface area (Å²) in [7, 11) is 0.0892. The molecule has 0 aromatic heterocycles. The van der Waals surface area contributed by atoms with Crippen LogP contribution in [0.2, 0.25) is 11.2 Å². The average Bonchev–Trinajstić information content (AvgIpc) is 2.92. The lowest BCUT2D eigenvalue weighted by Gasteiger charge is -2.27. The van der Waals surface area contributed by atoms with Gasteiger partial charge in [0.15, 0.2) is 0 Å². The number of methoxy groups -OCH3 is 1. The van der Waals surface area contributed by atoms with Gasteiger partial charge in [0.05, 0.1) is 7.11 Å². The fourth-order valence-electron chi connectivity index (χ4n) is 5.56. The smallest absolute Gasteiger partial charge is 0.305 e. The second-order valence-corrected chi connectivity index (χ2v) is 17.1. The number of hydrogen-bond acceptors (Lipinski definition) is 2. The maximum Gasteiger partial charge on any atom is 0.305 e. The molecule has 36 heavy (non-hydrogen) atoms. The van der Waals surface area contributed by atoms with Crippen molar-refractivity contribution < 1.29 is 9.53 Å². The van der Waals surface area contributed by atoms with E-state index in [0.29, 0.717) is 6.42 Å². The van der Waals surface area contributed by atoms with Gasteiger partial charge in [-0.25, -0.2) is 0 Å². The zero-order valence-corrected chi connectivity index (χ0v) is 25.8. The molecule has 1 atom stereocenters. The van der Waals surface area contributed by atoms with E-state index in [9.17, 15) is 4.79 Å². The summed E-state index contributed by atoms with van der Waals surface area (Å²) in [6, 6.07) is 24.3. The Kier molecular flexibility index (Phi) is 17.3. The van der Waals surface area contributed by atoms with Crippen molar-refractivity contribution in [3.63, 3.8) is 0 Å². The third kappa shape index (κ3) is 13.1. The summed E-state index contributed by atoms with van der Waals surface area (Å²) in [6.45, 7) is 2.30. The van der Waals surface area contributed by atoms with Gasteiger partial charge in [-0.2, -0.15) is 0 Å². The first-order valence-electron chi connectivity index (χ1n) is 14.9. The van der Waals surface area contributed by atoms with Crippen LogP contribution < -0.4 is 10.4 Å². The minimum absolute atomic E-state index is 0.0669. The standard InChI is InChI=1S/C32H52O2Si2/c1-3-4-5-6-7-8-9-10-11-21-28-35-32(27-20-14-19-26-31(33)34-2)36(29-22-15-12-16-23-29)30-24-17-13-18-25-30/h12-13,15-18,22-25,32,36H,3-11,14,19-21,26-28,35H2,1-2H3/t32-/m1/s1. The third-order valence-electron chi connectivity index (χ3n) is 7.65. The molecule has 200 valence electrons. The van der Waals surface area contributed by atoms with Crippen LogP contribution in [-0.2, 0) is 9.53 Å². The predicted octanol–water partition coefficient (Wildman–Crippen LogP) is 6.99. The Hall–Kier alpha value is -1.66. The highest BCUT2D eigenvalue weighted by atomic mass is 28.3. The molecule has 0 fully saturated rings. The van der Waals surface area contributed by atoms with Crippen molar-refractivity contribution in [3.05, 3.63) is 60.7 Å². The molecule has 0 spiro atoms. The number of ether oxygens (including phenoxy) is 1. The molecule has 2 rings (SSSR count). The van der Waals surface area contributed by atoms with Gasteiger partial charge < -0.3 is 4.74 Å². The van der Waals surface area contributed by atoms with E-state index in [0.717, 1.165) is 18.0 Å². The molecule has 0 heterocycles. The lowest BCUT2D eigenvalue weighted by Crippen LogP contribution is -2.47. The maximum absolute atomic E-state index is 11.5. The van der Waals surface area contributed by atoms with Crippen LogP contribution in [0.5, 0.6) is 0 Å². The predicted molar refractivity (Wildman–Crippen MR) is 163 cm³/mol. The van der Waals surface area contributed by atoms with Gasteiger partial charge in [0, 0.05) is 15.9 Å². The average molecular weight is 525 g/mol. The van der Waals surface area contributed by atoms with Gasteiger partial charge in [-0.1, -0.05) is 167 Å². The van der Waals surface area contributed by atoms with E-state index in [2.05, 4.69) is 67.6 Å². The molecule has 0 radical (unpaired) electrons. The summed E-state index contributed by atoms with van der Waals surface area (Å²) < 4.78 is 4.83. The van der Waals surface area contributed by atoms with Crippen LogP contribution in [0.25, 0.3) is 0 Å². The Morgan fingerprint density at radius 1 is 0.722 bits per heavy atom. The molecule has 0 saturated heterocycles. The normalized spacial score (nSPS) is 12.4.